The number of likely N-dealkylation sites (tertiary alicyclic amines) is 1. The van der Waals surface area contributed by atoms with E-state index in [2.05, 4.69) is 60.6 Å². The Bertz CT molecular complexity index is 436. The smallest absolute Gasteiger partial charge is 0.151 e. The van der Waals surface area contributed by atoms with Crippen molar-refractivity contribution in [1.29, 1.82) is 0 Å². The number of hydrogen-bond acceptors (Lipinski definition) is 5. The van der Waals surface area contributed by atoms with Crippen LogP contribution in [0.25, 0.3) is 0 Å². The first-order chi connectivity index (χ1) is 10.2. The Hall–Kier alpha value is -0.470. The molecule has 0 N–H and O–H groups in total. The summed E-state index contributed by atoms with van der Waals surface area (Å²) in [5, 5.41) is 8.45. The van der Waals surface area contributed by atoms with Gasteiger partial charge in [-0.25, -0.2) is 0 Å². The summed E-state index contributed by atoms with van der Waals surface area (Å²) in [6, 6.07) is 4.12. The maximum atomic E-state index is 4.30. The molecule has 21 heavy (non-hydrogen) atoms. The molecule has 0 spiro atoms. The summed E-state index contributed by atoms with van der Waals surface area (Å²) in [6.07, 6.45) is 2.72. The summed E-state index contributed by atoms with van der Waals surface area (Å²) in [5.41, 5.74) is 0. The van der Waals surface area contributed by atoms with Crippen LogP contribution in [-0.4, -0.2) is 72.9 Å². The number of halogens is 1. The van der Waals surface area contributed by atoms with E-state index in [4.69, 9.17) is 0 Å². The molecular formula is C15H24IN5. The van der Waals surface area contributed by atoms with Gasteiger partial charge in [0.15, 0.2) is 5.82 Å². The second kappa shape index (κ2) is 7.19. The molecule has 1 aromatic heterocycles. The summed E-state index contributed by atoms with van der Waals surface area (Å²) >= 11 is 2.20. The molecular weight excluding hydrogens is 377 g/mol. The van der Waals surface area contributed by atoms with E-state index >= 15 is 0 Å². The maximum absolute atomic E-state index is 4.30. The molecule has 2 aliphatic rings. The number of rotatable bonds is 3. The molecule has 116 valence electrons. The first-order valence-electron chi connectivity index (χ1n) is 7.86. The average Bonchev–Trinajstić information content (AvgIpc) is 2.51. The minimum atomic E-state index is 0.894. The van der Waals surface area contributed by atoms with Crippen LogP contribution in [0.2, 0.25) is 0 Å². The van der Waals surface area contributed by atoms with Crippen LogP contribution in [0, 0.1) is 9.62 Å². The van der Waals surface area contributed by atoms with Crippen LogP contribution >= 0.6 is 22.6 Å². The van der Waals surface area contributed by atoms with E-state index in [0.29, 0.717) is 0 Å². The van der Waals surface area contributed by atoms with E-state index in [-0.39, 0.29) is 0 Å². The summed E-state index contributed by atoms with van der Waals surface area (Å²) in [7, 11) is 2.23. The minimum Gasteiger partial charge on any atom is -0.353 e. The molecule has 6 heteroatoms. The van der Waals surface area contributed by atoms with Gasteiger partial charge in [0, 0.05) is 32.7 Å². The minimum absolute atomic E-state index is 0.894. The predicted octanol–water partition coefficient (Wildman–Crippen LogP) is 1.54. The van der Waals surface area contributed by atoms with E-state index in [9.17, 15) is 0 Å². The Labute approximate surface area is 140 Å². The molecule has 5 nitrogen and oxygen atoms in total. The molecule has 0 amide bonds. The monoisotopic (exact) mass is 401 g/mol. The Morgan fingerprint density at radius 1 is 1.05 bits per heavy atom. The summed E-state index contributed by atoms with van der Waals surface area (Å²) in [5.74, 6) is 1.92. The van der Waals surface area contributed by atoms with Gasteiger partial charge < -0.3 is 9.80 Å². The van der Waals surface area contributed by atoms with Crippen molar-refractivity contribution in [2.75, 3.05) is 57.8 Å². The highest BCUT2D eigenvalue weighted by Crippen LogP contribution is 2.19. The van der Waals surface area contributed by atoms with Gasteiger partial charge in [0.2, 0.25) is 0 Å². The predicted molar refractivity (Wildman–Crippen MR) is 93.6 cm³/mol. The van der Waals surface area contributed by atoms with Gasteiger partial charge in [0.25, 0.3) is 0 Å². The van der Waals surface area contributed by atoms with E-state index in [1.165, 1.54) is 32.5 Å². The lowest BCUT2D eigenvalue weighted by atomic mass is 9.96. The topological polar surface area (TPSA) is 35.5 Å². The zero-order chi connectivity index (χ0) is 14.7. The number of piperidine rings is 1. The van der Waals surface area contributed by atoms with E-state index < -0.39 is 0 Å². The van der Waals surface area contributed by atoms with Gasteiger partial charge in [-0.3, -0.25) is 4.90 Å². The highest BCUT2D eigenvalue weighted by atomic mass is 127. The maximum Gasteiger partial charge on any atom is 0.151 e. The van der Waals surface area contributed by atoms with Crippen LogP contribution in [-0.2, 0) is 0 Å². The van der Waals surface area contributed by atoms with Gasteiger partial charge in [0.05, 0.1) is 0 Å². The van der Waals surface area contributed by atoms with Crippen molar-refractivity contribution in [2.45, 2.75) is 12.8 Å². The van der Waals surface area contributed by atoms with E-state index in [0.717, 1.165) is 41.6 Å². The third-order valence-electron chi connectivity index (χ3n) is 4.67. The van der Waals surface area contributed by atoms with Crippen molar-refractivity contribution in [2.24, 2.45) is 5.92 Å². The second-order valence-electron chi connectivity index (χ2n) is 6.25. The fraction of sp³-hybridized carbons (Fsp3) is 0.733. The highest BCUT2D eigenvalue weighted by molar-refractivity contribution is 14.1. The molecule has 3 rings (SSSR count). The Morgan fingerprint density at radius 2 is 1.76 bits per heavy atom. The molecule has 0 saturated carbocycles. The molecule has 0 aromatic carbocycles. The van der Waals surface area contributed by atoms with Crippen molar-refractivity contribution in [1.82, 2.24) is 20.0 Å². The highest BCUT2D eigenvalue weighted by Gasteiger charge is 2.23. The molecule has 0 atom stereocenters. The van der Waals surface area contributed by atoms with Gasteiger partial charge in [-0.2, -0.15) is 0 Å². The lowest BCUT2D eigenvalue weighted by molar-refractivity contribution is 0.155. The first-order valence-corrected chi connectivity index (χ1v) is 8.93. The van der Waals surface area contributed by atoms with Crippen LogP contribution in [0.4, 0.5) is 5.82 Å². The zero-order valence-electron chi connectivity index (χ0n) is 12.7. The number of hydrogen-bond donors (Lipinski definition) is 0. The van der Waals surface area contributed by atoms with Crippen LogP contribution in [0.3, 0.4) is 0 Å². The lowest BCUT2D eigenvalue weighted by Gasteiger charge is -2.38. The SMILES string of the molecule is CN1CCC(CN2CCN(c3ccc(I)nn3)CC2)CC1. The average molecular weight is 401 g/mol. The van der Waals surface area contributed by atoms with Crippen molar-refractivity contribution in [3.63, 3.8) is 0 Å². The van der Waals surface area contributed by atoms with Crippen molar-refractivity contribution < 1.29 is 0 Å². The third kappa shape index (κ3) is 4.26. The normalized spacial score (nSPS) is 22.7. The van der Waals surface area contributed by atoms with E-state index in [1.807, 2.05) is 6.07 Å². The third-order valence-corrected chi connectivity index (χ3v) is 5.24. The van der Waals surface area contributed by atoms with Gasteiger partial charge in [-0.15, -0.1) is 10.2 Å². The summed E-state index contributed by atoms with van der Waals surface area (Å²) < 4.78 is 0.956. The molecule has 0 unspecified atom stereocenters. The fourth-order valence-electron chi connectivity index (χ4n) is 3.25. The number of aromatic nitrogens is 2. The quantitative estimate of drug-likeness (QED) is 0.719. The molecule has 0 radical (unpaired) electrons. The lowest BCUT2D eigenvalue weighted by Crippen LogP contribution is -2.49. The van der Waals surface area contributed by atoms with Crippen LogP contribution in [0.5, 0.6) is 0 Å². The molecule has 1 aromatic rings. The van der Waals surface area contributed by atoms with Crippen LogP contribution in [0.1, 0.15) is 12.8 Å². The Morgan fingerprint density at radius 3 is 2.38 bits per heavy atom. The standard InChI is InChI=1S/C15H24IN5/c1-19-6-4-13(5-7-19)12-20-8-10-21(11-9-20)15-3-2-14(16)17-18-15/h2-3,13H,4-12H2,1H3. The summed E-state index contributed by atoms with van der Waals surface area (Å²) in [4.78, 5) is 7.44. The number of nitrogens with zero attached hydrogens (tertiary/aromatic N) is 5. The second-order valence-corrected chi connectivity index (χ2v) is 7.35. The Balaban J connectivity index is 1.45. The Kier molecular flexibility index (Phi) is 5.29. The first kappa shape index (κ1) is 15.4. The van der Waals surface area contributed by atoms with Gasteiger partial charge >= 0.3 is 0 Å². The van der Waals surface area contributed by atoms with Gasteiger partial charge in [0.1, 0.15) is 3.70 Å². The molecule has 3 heterocycles. The largest absolute Gasteiger partial charge is 0.353 e. The van der Waals surface area contributed by atoms with E-state index in [1.54, 1.807) is 0 Å². The number of anilines is 1. The van der Waals surface area contributed by atoms with Crippen LogP contribution in [0.15, 0.2) is 12.1 Å². The molecule has 0 bridgehead atoms. The molecule has 2 saturated heterocycles. The zero-order valence-corrected chi connectivity index (χ0v) is 14.9. The fourth-order valence-corrected chi connectivity index (χ4v) is 3.53. The number of piperazine rings is 1. The van der Waals surface area contributed by atoms with Gasteiger partial charge in [-0.1, -0.05) is 0 Å². The van der Waals surface area contributed by atoms with Crippen LogP contribution < -0.4 is 4.90 Å². The molecule has 0 aliphatic carbocycles. The van der Waals surface area contributed by atoms with Gasteiger partial charge in [-0.05, 0) is 73.6 Å². The summed E-state index contributed by atoms with van der Waals surface area (Å²) in [6.45, 7) is 8.26. The van der Waals surface area contributed by atoms with Crippen molar-refractivity contribution in [3.8, 4) is 0 Å². The molecule has 2 aliphatic heterocycles. The van der Waals surface area contributed by atoms with Crippen molar-refractivity contribution in [3.05, 3.63) is 15.8 Å². The van der Waals surface area contributed by atoms with Crippen molar-refractivity contribution >= 4 is 28.4 Å². The molecule has 2 fully saturated rings.